The van der Waals surface area contributed by atoms with Crippen LogP contribution in [0.25, 0.3) is 99.9 Å². The molecule has 4 nitrogen and oxygen atoms in total. The molecule has 10 aromatic rings. The summed E-state index contributed by atoms with van der Waals surface area (Å²) in [4.78, 5) is 15.3. The van der Waals surface area contributed by atoms with Crippen molar-refractivity contribution in [3.63, 3.8) is 0 Å². The van der Waals surface area contributed by atoms with Gasteiger partial charge in [-0.3, -0.25) is 0 Å². The van der Waals surface area contributed by atoms with Gasteiger partial charge < -0.3 is 4.42 Å². The van der Waals surface area contributed by atoms with Gasteiger partial charge >= 0.3 is 0 Å². The second-order valence-corrected chi connectivity index (χ2v) is 12.8. The smallest absolute Gasteiger partial charge is 0.164 e. The molecule has 0 aliphatic rings. The van der Waals surface area contributed by atoms with E-state index in [9.17, 15) is 0 Å². The van der Waals surface area contributed by atoms with Crippen molar-refractivity contribution in [3.8, 4) is 56.4 Å². The van der Waals surface area contributed by atoms with Gasteiger partial charge in [-0.1, -0.05) is 158 Å². The predicted octanol–water partition coefficient (Wildman–Crippen LogP) is 12.4. The summed E-state index contributed by atoms with van der Waals surface area (Å²) in [6.45, 7) is 0. The van der Waals surface area contributed by atoms with Gasteiger partial charge in [-0.05, 0) is 62.0 Å². The highest BCUT2D eigenvalue weighted by Gasteiger charge is 2.18. The van der Waals surface area contributed by atoms with Gasteiger partial charge in [0.15, 0.2) is 17.5 Å². The van der Waals surface area contributed by atoms with E-state index in [-0.39, 0.29) is 0 Å². The minimum atomic E-state index is 0.631. The molecule has 2 aromatic heterocycles. The first kappa shape index (κ1) is 29.0. The molecule has 0 amide bonds. The van der Waals surface area contributed by atoms with Crippen molar-refractivity contribution in [2.24, 2.45) is 0 Å². The number of rotatable bonds is 5. The van der Waals surface area contributed by atoms with Gasteiger partial charge in [0, 0.05) is 27.5 Å². The fraction of sp³-hybridized carbons (Fsp3) is 0. The number of aromatic nitrogens is 3. The summed E-state index contributed by atoms with van der Waals surface area (Å²) in [6.07, 6.45) is 0. The molecule has 0 saturated carbocycles. The average molecular weight is 652 g/mol. The van der Waals surface area contributed by atoms with Crippen LogP contribution in [0.5, 0.6) is 0 Å². The Morgan fingerprint density at radius 3 is 1.63 bits per heavy atom. The lowest BCUT2D eigenvalue weighted by molar-refractivity contribution is 0.669. The quantitative estimate of drug-likeness (QED) is 0.186. The molecule has 0 unspecified atom stereocenters. The maximum absolute atomic E-state index is 6.25. The van der Waals surface area contributed by atoms with Gasteiger partial charge in [-0.15, -0.1) is 0 Å². The van der Waals surface area contributed by atoms with E-state index >= 15 is 0 Å². The first-order valence-electron chi connectivity index (χ1n) is 17.1. The fourth-order valence-electron chi connectivity index (χ4n) is 7.35. The Morgan fingerprint density at radius 2 is 0.824 bits per heavy atom. The second kappa shape index (κ2) is 11.9. The average Bonchev–Trinajstić information content (AvgIpc) is 3.60. The molecule has 10 rings (SSSR count). The van der Waals surface area contributed by atoms with Crippen LogP contribution in [-0.2, 0) is 0 Å². The van der Waals surface area contributed by atoms with Gasteiger partial charge in [0.1, 0.15) is 11.2 Å². The van der Waals surface area contributed by atoms with Gasteiger partial charge in [-0.2, -0.15) is 0 Å². The Labute approximate surface area is 294 Å². The third-order valence-electron chi connectivity index (χ3n) is 9.77. The Morgan fingerprint density at radius 1 is 0.294 bits per heavy atom. The summed E-state index contributed by atoms with van der Waals surface area (Å²) >= 11 is 0. The Balaban J connectivity index is 1.14. The van der Waals surface area contributed by atoms with E-state index < -0.39 is 0 Å². The molecule has 0 atom stereocenters. The van der Waals surface area contributed by atoms with E-state index in [1.165, 1.54) is 16.3 Å². The third-order valence-corrected chi connectivity index (χ3v) is 9.77. The molecule has 4 heteroatoms. The highest BCUT2D eigenvalue weighted by Crippen LogP contribution is 2.41. The summed E-state index contributed by atoms with van der Waals surface area (Å²) in [5.41, 5.74) is 9.20. The summed E-state index contributed by atoms with van der Waals surface area (Å²) in [5, 5.41) is 6.87. The zero-order chi connectivity index (χ0) is 33.7. The lowest BCUT2D eigenvalue weighted by atomic mass is 9.92. The predicted molar refractivity (Wildman–Crippen MR) is 209 cm³/mol. The molecule has 8 aromatic carbocycles. The van der Waals surface area contributed by atoms with Crippen molar-refractivity contribution in [2.75, 3.05) is 0 Å². The minimum absolute atomic E-state index is 0.631. The van der Waals surface area contributed by atoms with Crippen molar-refractivity contribution in [2.45, 2.75) is 0 Å². The maximum Gasteiger partial charge on any atom is 0.164 e. The van der Waals surface area contributed by atoms with Crippen molar-refractivity contribution in [3.05, 3.63) is 176 Å². The van der Waals surface area contributed by atoms with Gasteiger partial charge in [-0.25, -0.2) is 15.0 Å². The molecule has 238 valence electrons. The number of furan rings is 1. The lowest BCUT2D eigenvalue weighted by Gasteiger charge is -2.14. The highest BCUT2D eigenvalue weighted by atomic mass is 16.3. The number of fused-ring (bicyclic) bond motifs is 5. The Hall–Kier alpha value is -6.91. The molecular weight excluding hydrogens is 623 g/mol. The molecule has 0 spiro atoms. The van der Waals surface area contributed by atoms with Crippen molar-refractivity contribution < 1.29 is 4.42 Å². The number of para-hydroxylation sites is 1. The van der Waals surface area contributed by atoms with Gasteiger partial charge in [0.05, 0.1) is 0 Å². The SMILES string of the molecule is c1ccc(-c2nc(-c3ccc(-c4cccc5ccccc45)cc3)nc(-c3ccc(-c4cccc5oc6ccccc6c45)c4ccccc34)n2)cc1. The second-order valence-electron chi connectivity index (χ2n) is 12.8. The number of nitrogens with zero attached hydrogens (tertiary/aromatic N) is 3. The monoisotopic (exact) mass is 651 g/mol. The van der Waals surface area contributed by atoms with Crippen LogP contribution in [0.2, 0.25) is 0 Å². The van der Waals surface area contributed by atoms with Crippen LogP contribution >= 0.6 is 0 Å². The van der Waals surface area contributed by atoms with E-state index in [0.717, 1.165) is 66.1 Å². The Kier molecular flexibility index (Phi) is 6.78. The first-order chi connectivity index (χ1) is 25.3. The van der Waals surface area contributed by atoms with E-state index in [0.29, 0.717) is 17.5 Å². The third kappa shape index (κ3) is 4.96. The zero-order valence-corrected chi connectivity index (χ0v) is 27.5. The fourth-order valence-corrected chi connectivity index (χ4v) is 7.35. The van der Waals surface area contributed by atoms with Crippen molar-refractivity contribution in [1.82, 2.24) is 15.0 Å². The van der Waals surface area contributed by atoms with Crippen LogP contribution in [0.3, 0.4) is 0 Å². The molecule has 0 fully saturated rings. The van der Waals surface area contributed by atoms with Crippen LogP contribution < -0.4 is 0 Å². The van der Waals surface area contributed by atoms with Crippen LogP contribution in [0.1, 0.15) is 0 Å². The first-order valence-corrected chi connectivity index (χ1v) is 17.1. The molecule has 0 N–H and O–H groups in total. The lowest BCUT2D eigenvalue weighted by Crippen LogP contribution is -2.00. The zero-order valence-electron chi connectivity index (χ0n) is 27.5. The largest absolute Gasteiger partial charge is 0.456 e. The van der Waals surface area contributed by atoms with Crippen LogP contribution in [0, 0.1) is 0 Å². The summed E-state index contributed by atoms with van der Waals surface area (Å²) in [6, 6.07) is 61.0. The summed E-state index contributed by atoms with van der Waals surface area (Å²) < 4.78 is 6.25. The van der Waals surface area contributed by atoms with E-state index in [1.807, 2.05) is 48.5 Å². The molecule has 0 aliphatic heterocycles. The standard InChI is InChI=1S/C47H29N3O/c1-2-13-32(14-3-1)45-48-46(33-26-24-31(25-27-33)35-20-10-15-30-12-4-5-16-34(30)35)50-47(49-45)40-29-28-38(36-17-6-7-18-37(36)40)39-21-11-23-43-44(39)41-19-8-9-22-42(41)51-43/h1-29H. The summed E-state index contributed by atoms with van der Waals surface area (Å²) in [5.74, 6) is 1.90. The molecular formula is C47H29N3O. The van der Waals surface area contributed by atoms with Gasteiger partial charge in [0.25, 0.3) is 0 Å². The normalized spacial score (nSPS) is 11.5. The maximum atomic E-state index is 6.25. The van der Waals surface area contributed by atoms with Crippen molar-refractivity contribution >= 4 is 43.5 Å². The van der Waals surface area contributed by atoms with Crippen molar-refractivity contribution in [1.29, 1.82) is 0 Å². The highest BCUT2D eigenvalue weighted by molar-refractivity contribution is 6.16. The minimum Gasteiger partial charge on any atom is -0.456 e. The molecule has 0 radical (unpaired) electrons. The topological polar surface area (TPSA) is 51.8 Å². The van der Waals surface area contributed by atoms with Crippen LogP contribution in [-0.4, -0.2) is 15.0 Å². The van der Waals surface area contributed by atoms with Gasteiger partial charge in [0.2, 0.25) is 0 Å². The molecule has 51 heavy (non-hydrogen) atoms. The number of benzene rings is 8. The summed E-state index contributed by atoms with van der Waals surface area (Å²) in [7, 11) is 0. The molecule has 2 heterocycles. The molecule has 0 saturated heterocycles. The van der Waals surface area contributed by atoms with E-state index in [1.54, 1.807) is 0 Å². The Bertz CT molecular complexity index is 2900. The molecule has 0 aliphatic carbocycles. The van der Waals surface area contributed by atoms with E-state index in [2.05, 4.69) is 127 Å². The molecule has 0 bridgehead atoms. The number of hydrogen-bond donors (Lipinski definition) is 0. The van der Waals surface area contributed by atoms with E-state index in [4.69, 9.17) is 19.4 Å². The van der Waals surface area contributed by atoms with Crippen LogP contribution in [0.15, 0.2) is 180 Å². The number of hydrogen-bond acceptors (Lipinski definition) is 4. The van der Waals surface area contributed by atoms with Crippen LogP contribution in [0.4, 0.5) is 0 Å².